The normalized spacial score (nSPS) is 10.7. The quantitative estimate of drug-likeness (QED) is 0.314. The van der Waals surface area contributed by atoms with Gasteiger partial charge >= 0.3 is 0 Å². The molecule has 0 spiro atoms. The van der Waals surface area contributed by atoms with Gasteiger partial charge in [-0.1, -0.05) is 65.2 Å². The van der Waals surface area contributed by atoms with E-state index in [2.05, 4.69) is 13.8 Å². The van der Waals surface area contributed by atoms with E-state index in [1.807, 2.05) is 12.1 Å². The van der Waals surface area contributed by atoms with Crippen molar-refractivity contribution >= 4 is 0 Å². The Bertz CT molecular complexity index is 975. The van der Waals surface area contributed by atoms with Crippen LogP contribution in [-0.2, 0) is 0 Å². The van der Waals surface area contributed by atoms with E-state index in [1.165, 1.54) is 44.6 Å². The van der Waals surface area contributed by atoms with Gasteiger partial charge in [0.25, 0.3) is 5.56 Å². The second-order valence-corrected chi connectivity index (χ2v) is 8.47. The molecule has 33 heavy (non-hydrogen) atoms. The third kappa shape index (κ3) is 7.85. The summed E-state index contributed by atoms with van der Waals surface area (Å²) in [6.07, 6.45) is 11.2. The molecule has 0 aliphatic carbocycles. The highest BCUT2D eigenvalue weighted by Crippen LogP contribution is 2.31. The molecule has 0 bridgehead atoms. The number of nitriles is 1. The Morgan fingerprint density at radius 2 is 1.52 bits per heavy atom. The fourth-order valence-electron chi connectivity index (χ4n) is 3.75. The summed E-state index contributed by atoms with van der Waals surface area (Å²) in [6.45, 7) is 7.10. The summed E-state index contributed by atoms with van der Waals surface area (Å²) >= 11 is 0. The molecule has 1 aromatic heterocycles. The van der Waals surface area contributed by atoms with Gasteiger partial charge in [-0.15, -0.1) is 0 Å². The third-order valence-corrected chi connectivity index (χ3v) is 5.70. The van der Waals surface area contributed by atoms with E-state index in [0.29, 0.717) is 36.0 Å². The Morgan fingerprint density at radius 3 is 2.12 bits per heavy atom. The molecule has 0 atom stereocenters. The monoisotopic (exact) mass is 454 g/mol. The Labute approximate surface area is 197 Å². The standard InChI is InChI=1S/C27H38N2O4/c1-4-6-8-10-12-16-32-22-14-15-25(33-17-13-11-9-7-5-2)24(19-22)29-26(30)18-21(3)23(20-28)27(29)31/h14-15,18-19,31H,4-13,16-17H2,1-3H3. The first kappa shape index (κ1) is 26.3. The Balaban J connectivity index is 2.26. The van der Waals surface area contributed by atoms with Crippen molar-refractivity contribution in [3.8, 4) is 29.1 Å². The summed E-state index contributed by atoms with van der Waals surface area (Å²) in [4.78, 5) is 12.8. The molecule has 0 radical (unpaired) electrons. The maximum Gasteiger partial charge on any atom is 0.258 e. The lowest BCUT2D eigenvalue weighted by atomic mass is 10.1. The van der Waals surface area contributed by atoms with Crippen LogP contribution in [-0.4, -0.2) is 22.9 Å². The maximum atomic E-state index is 12.8. The van der Waals surface area contributed by atoms with Crippen molar-refractivity contribution in [3.63, 3.8) is 0 Å². The summed E-state index contributed by atoms with van der Waals surface area (Å²) in [7, 11) is 0. The summed E-state index contributed by atoms with van der Waals surface area (Å²) in [5, 5.41) is 20.2. The molecular weight excluding hydrogens is 416 g/mol. The van der Waals surface area contributed by atoms with E-state index in [-0.39, 0.29) is 11.4 Å². The minimum Gasteiger partial charge on any atom is -0.494 e. The van der Waals surface area contributed by atoms with Crippen molar-refractivity contribution in [2.24, 2.45) is 0 Å². The number of nitrogens with zero attached hydrogens (tertiary/aromatic N) is 2. The minimum atomic E-state index is -0.423. The van der Waals surface area contributed by atoms with E-state index < -0.39 is 5.56 Å². The maximum absolute atomic E-state index is 12.8. The van der Waals surface area contributed by atoms with Crippen LogP contribution < -0.4 is 15.0 Å². The van der Waals surface area contributed by atoms with E-state index in [1.54, 1.807) is 19.1 Å². The van der Waals surface area contributed by atoms with Crippen LogP contribution in [0.25, 0.3) is 5.69 Å². The lowest BCUT2D eigenvalue weighted by Crippen LogP contribution is -2.20. The number of hydrogen-bond donors (Lipinski definition) is 1. The van der Waals surface area contributed by atoms with Crippen LogP contribution in [0.5, 0.6) is 17.4 Å². The number of aryl methyl sites for hydroxylation is 1. The van der Waals surface area contributed by atoms with Crippen LogP contribution in [0.4, 0.5) is 0 Å². The molecule has 6 heteroatoms. The molecule has 0 saturated carbocycles. The molecule has 2 aromatic rings. The molecule has 1 aromatic carbocycles. The smallest absolute Gasteiger partial charge is 0.258 e. The predicted molar refractivity (Wildman–Crippen MR) is 132 cm³/mol. The summed E-state index contributed by atoms with van der Waals surface area (Å²) in [5.74, 6) is 0.694. The van der Waals surface area contributed by atoms with Crippen LogP contribution >= 0.6 is 0 Å². The summed E-state index contributed by atoms with van der Waals surface area (Å²) < 4.78 is 13.0. The van der Waals surface area contributed by atoms with Gasteiger partial charge in [0, 0.05) is 12.1 Å². The molecular formula is C27H38N2O4. The Kier molecular flexibility index (Phi) is 11.4. The van der Waals surface area contributed by atoms with Gasteiger partial charge in [0.1, 0.15) is 23.1 Å². The first-order valence-corrected chi connectivity index (χ1v) is 12.3. The molecule has 0 unspecified atom stereocenters. The van der Waals surface area contributed by atoms with Crippen molar-refractivity contribution in [2.75, 3.05) is 13.2 Å². The lowest BCUT2D eigenvalue weighted by Gasteiger charge is -2.17. The van der Waals surface area contributed by atoms with E-state index in [0.717, 1.165) is 30.3 Å². The molecule has 0 saturated heterocycles. The zero-order valence-corrected chi connectivity index (χ0v) is 20.4. The van der Waals surface area contributed by atoms with E-state index in [4.69, 9.17) is 9.47 Å². The molecule has 0 aliphatic rings. The van der Waals surface area contributed by atoms with Gasteiger partial charge in [0.2, 0.25) is 5.88 Å². The van der Waals surface area contributed by atoms with Gasteiger partial charge in [-0.2, -0.15) is 5.26 Å². The van der Waals surface area contributed by atoms with Gasteiger partial charge in [0.15, 0.2) is 0 Å². The Hall–Kier alpha value is -2.94. The number of hydrogen-bond acceptors (Lipinski definition) is 5. The minimum absolute atomic E-state index is 0.0716. The van der Waals surface area contributed by atoms with Crippen LogP contribution in [0.3, 0.4) is 0 Å². The number of rotatable bonds is 15. The van der Waals surface area contributed by atoms with Crippen molar-refractivity contribution in [3.05, 3.63) is 45.7 Å². The van der Waals surface area contributed by atoms with Crippen LogP contribution in [0, 0.1) is 18.3 Å². The second kappa shape index (κ2) is 14.3. The molecule has 0 amide bonds. The van der Waals surface area contributed by atoms with Crippen LogP contribution in [0.1, 0.15) is 89.2 Å². The highest BCUT2D eigenvalue weighted by molar-refractivity contribution is 5.56. The molecule has 0 aliphatic heterocycles. The van der Waals surface area contributed by atoms with Crippen LogP contribution in [0.2, 0.25) is 0 Å². The number of ether oxygens (including phenoxy) is 2. The van der Waals surface area contributed by atoms with Gasteiger partial charge in [-0.3, -0.25) is 4.79 Å². The highest BCUT2D eigenvalue weighted by atomic mass is 16.5. The van der Waals surface area contributed by atoms with E-state index >= 15 is 0 Å². The Morgan fingerprint density at radius 1 is 0.909 bits per heavy atom. The average molecular weight is 455 g/mol. The van der Waals surface area contributed by atoms with Gasteiger partial charge in [-0.05, 0) is 37.5 Å². The number of aromatic nitrogens is 1. The summed E-state index contributed by atoms with van der Waals surface area (Å²) in [6, 6.07) is 8.64. The molecule has 180 valence electrons. The molecule has 0 fully saturated rings. The second-order valence-electron chi connectivity index (χ2n) is 8.47. The topological polar surface area (TPSA) is 84.5 Å². The van der Waals surface area contributed by atoms with Crippen molar-refractivity contribution in [1.82, 2.24) is 4.57 Å². The SMILES string of the molecule is CCCCCCCOc1ccc(OCCCCCCC)c(-n2c(O)c(C#N)c(C)cc2=O)c1. The third-order valence-electron chi connectivity index (χ3n) is 5.70. The van der Waals surface area contributed by atoms with Gasteiger partial charge in [0.05, 0.1) is 18.9 Å². The van der Waals surface area contributed by atoms with Crippen LogP contribution in [0.15, 0.2) is 29.1 Å². The fraction of sp³-hybridized carbons (Fsp3) is 0.556. The van der Waals surface area contributed by atoms with Gasteiger partial charge in [-0.25, -0.2) is 4.57 Å². The predicted octanol–water partition coefficient (Wildman–Crippen LogP) is 6.42. The highest BCUT2D eigenvalue weighted by Gasteiger charge is 2.18. The van der Waals surface area contributed by atoms with E-state index in [9.17, 15) is 15.2 Å². The fourth-order valence-corrected chi connectivity index (χ4v) is 3.75. The summed E-state index contributed by atoms with van der Waals surface area (Å²) in [5.41, 5.74) is 0.469. The number of pyridine rings is 1. The van der Waals surface area contributed by atoms with Crippen molar-refractivity contribution in [1.29, 1.82) is 5.26 Å². The molecule has 1 N–H and O–H groups in total. The number of unbranched alkanes of at least 4 members (excludes halogenated alkanes) is 8. The molecule has 6 nitrogen and oxygen atoms in total. The lowest BCUT2D eigenvalue weighted by molar-refractivity contribution is 0.295. The number of benzene rings is 1. The first-order chi connectivity index (χ1) is 16.0. The van der Waals surface area contributed by atoms with Crippen molar-refractivity contribution < 1.29 is 14.6 Å². The molecule has 1 heterocycles. The largest absolute Gasteiger partial charge is 0.494 e. The molecule has 2 rings (SSSR count). The number of aromatic hydroxyl groups is 1. The average Bonchev–Trinajstić information content (AvgIpc) is 2.79. The van der Waals surface area contributed by atoms with Gasteiger partial charge < -0.3 is 14.6 Å². The zero-order chi connectivity index (χ0) is 24.1. The van der Waals surface area contributed by atoms with Crippen molar-refractivity contribution in [2.45, 2.75) is 85.0 Å². The first-order valence-electron chi connectivity index (χ1n) is 12.3. The zero-order valence-electron chi connectivity index (χ0n) is 20.4.